The van der Waals surface area contributed by atoms with Crippen molar-refractivity contribution in [2.24, 2.45) is 0 Å². The Bertz CT molecular complexity index is 725. The van der Waals surface area contributed by atoms with E-state index in [1.54, 1.807) is 12.3 Å². The van der Waals surface area contributed by atoms with Crippen LogP contribution in [0.3, 0.4) is 0 Å². The summed E-state index contributed by atoms with van der Waals surface area (Å²) in [5.41, 5.74) is 0.901. The first-order valence-corrected chi connectivity index (χ1v) is 8.70. The van der Waals surface area contributed by atoms with Gasteiger partial charge < -0.3 is 24.8 Å². The lowest BCUT2D eigenvalue weighted by molar-refractivity contribution is -0.134. The predicted molar refractivity (Wildman–Crippen MR) is 111 cm³/mol. The van der Waals surface area contributed by atoms with Crippen molar-refractivity contribution in [3.8, 4) is 17.4 Å². The number of rotatable bonds is 7. The minimum atomic E-state index is -0.440. The lowest BCUT2D eigenvalue weighted by Crippen LogP contribution is -2.47. The molecular formula is C19H25Cl2N3O4. The lowest BCUT2D eigenvalue weighted by Gasteiger charge is -2.22. The molecule has 9 heteroatoms. The molecule has 1 aromatic heterocycles. The molecule has 3 rings (SSSR count). The molecule has 154 valence electrons. The number of benzene rings is 1. The zero-order valence-corrected chi connectivity index (χ0v) is 17.2. The first-order valence-electron chi connectivity index (χ1n) is 8.70. The van der Waals surface area contributed by atoms with Crippen LogP contribution in [0, 0.1) is 0 Å². The number of pyridine rings is 1. The SMILES string of the molecule is CCOc1ccc(Oc2cc(CNC(=O)C3CNCCO3)ccn2)cc1.Cl.Cl. The van der Waals surface area contributed by atoms with E-state index < -0.39 is 6.10 Å². The van der Waals surface area contributed by atoms with Gasteiger partial charge in [0.05, 0.1) is 13.2 Å². The van der Waals surface area contributed by atoms with Gasteiger partial charge in [-0.1, -0.05) is 0 Å². The van der Waals surface area contributed by atoms with Gasteiger partial charge in [0.2, 0.25) is 5.88 Å². The lowest BCUT2D eigenvalue weighted by atomic mass is 10.2. The monoisotopic (exact) mass is 429 g/mol. The minimum Gasteiger partial charge on any atom is -0.494 e. The molecule has 0 bridgehead atoms. The molecule has 1 amide bonds. The van der Waals surface area contributed by atoms with Crippen molar-refractivity contribution in [2.45, 2.75) is 19.6 Å². The number of halogens is 2. The van der Waals surface area contributed by atoms with Gasteiger partial charge in [0.15, 0.2) is 0 Å². The molecule has 28 heavy (non-hydrogen) atoms. The van der Waals surface area contributed by atoms with E-state index >= 15 is 0 Å². The molecule has 1 saturated heterocycles. The van der Waals surface area contributed by atoms with E-state index in [0.29, 0.717) is 37.9 Å². The second kappa shape index (κ2) is 12.4. The highest BCUT2D eigenvalue weighted by atomic mass is 35.5. The van der Waals surface area contributed by atoms with E-state index in [1.165, 1.54) is 0 Å². The number of amides is 1. The standard InChI is InChI=1S/C19H23N3O4.2ClH/c1-2-24-15-3-5-16(6-4-15)26-18-11-14(7-8-21-18)12-22-19(23)17-13-20-9-10-25-17;;/h3-8,11,17,20H,2,9-10,12-13H2,1H3,(H,22,23);2*1H. The van der Waals surface area contributed by atoms with Gasteiger partial charge in [0, 0.05) is 31.9 Å². The number of morpholine rings is 1. The summed E-state index contributed by atoms with van der Waals surface area (Å²) in [6, 6.07) is 11.0. The summed E-state index contributed by atoms with van der Waals surface area (Å²) in [5, 5.41) is 6.01. The molecule has 1 atom stereocenters. The van der Waals surface area contributed by atoms with Gasteiger partial charge >= 0.3 is 0 Å². The van der Waals surface area contributed by atoms with Crippen LogP contribution in [0.2, 0.25) is 0 Å². The van der Waals surface area contributed by atoms with Crippen molar-refractivity contribution in [3.63, 3.8) is 0 Å². The van der Waals surface area contributed by atoms with Crippen LogP contribution in [0.15, 0.2) is 42.6 Å². The number of ether oxygens (including phenoxy) is 3. The maximum absolute atomic E-state index is 12.1. The van der Waals surface area contributed by atoms with Crippen LogP contribution in [-0.2, 0) is 16.1 Å². The molecule has 1 aliphatic rings. The topological polar surface area (TPSA) is 81.7 Å². The van der Waals surface area contributed by atoms with Crippen LogP contribution < -0.4 is 20.1 Å². The summed E-state index contributed by atoms with van der Waals surface area (Å²) < 4.78 is 16.6. The highest BCUT2D eigenvalue weighted by molar-refractivity contribution is 5.85. The Balaban J connectivity index is 0.00000196. The van der Waals surface area contributed by atoms with E-state index in [1.807, 2.05) is 37.3 Å². The number of carbonyl (C=O) groups is 1. The van der Waals surface area contributed by atoms with E-state index in [2.05, 4.69) is 15.6 Å². The Kier molecular flexibility index (Phi) is 10.6. The fraction of sp³-hybridized carbons (Fsp3) is 0.368. The van der Waals surface area contributed by atoms with Crippen LogP contribution in [0.25, 0.3) is 0 Å². The summed E-state index contributed by atoms with van der Waals surface area (Å²) in [4.78, 5) is 16.3. The maximum atomic E-state index is 12.1. The largest absolute Gasteiger partial charge is 0.494 e. The first-order chi connectivity index (χ1) is 12.7. The molecule has 2 aromatic rings. The Morgan fingerprint density at radius 1 is 1.25 bits per heavy atom. The fourth-order valence-electron chi connectivity index (χ4n) is 2.54. The summed E-state index contributed by atoms with van der Waals surface area (Å²) in [6.45, 7) is 4.82. The quantitative estimate of drug-likeness (QED) is 0.703. The van der Waals surface area contributed by atoms with Crippen LogP contribution in [0.5, 0.6) is 17.4 Å². The molecule has 0 radical (unpaired) electrons. The normalized spacial score (nSPS) is 15.5. The molecule has 1 aromatic carbocycles. The number of nitrogens with zero attached hydrogens (tertiary/aromatic N) is 1. The third-order valence-electron chi connectivity index (χ3n) is 3.84. The third kappa shape index (κ3) is 7.16. The van der Waals surface area contributed by atoms with Crippen molar-refractivity contribution in [2.75, 3.05) is 26.3 Å². The summed E-state index contributed by atoms with van der Waals surface area (Å²) in [6.07, 6.45) is 1.22. The van der Waals surface area contributed by atoms with Crippen LogP contribution in [0.4, 0.5) is 0 Å². The summed E-state index contributed by atoms with van der Waals surface area (Å²) in [5.74, 6) is 1.81. The summed E-state index contributed by atoms with van der Waals surface area (Å²) in [7, 11) is 0. The Hall–Kier alpha value is -2.06. The zero-order valence-electron chi connectivity index (χ0n) is 15.6. The fourth-order valence-corrected chi connectivity index (χ4v) is 2.54. The Labute approximate surface area is 177 Å². The molecule has 1 fully saturated rings. The smallest absolute Gasteiger partial charge is 0.250 e. The van der Waals surface area contributed by atoms with Crippen LogP contribution in [-0.4, -0.2) is 43.3 Å². The zero-order chi connectivity index (χ0) is 18.2. The van der Waals surface area contributed by atoms with Crippen molar-refractivity contribution in [1.29, 1.82) is 0 Å². The first kappa shape index (κ1) is 24.0. The molecule has 1 aliphatic heterocycles. The van der Waals surface area contributed by atoms with E-state index in [-0.39, 0.29) is 30.7 Å². The number of hydrogen-bond donors (Lipinski definition) is 2. The van der Waals surface area contributed by atoms with Crippen molar-refractivity contribution >= 4 is 30.7 Å². The maximum Gasteiger partial charge on any atom is 0.250 e. The number of nitrogens with one attached hydrogen (secondary N) is 2. The summed E-state index contributed by atoms with van der Waals surface area (Å²) >= 11 is 0. The van der Waals surface area contributed by atoms with Gasteiger partial charge in [-0.25, -0.2) is 4.98 Å². The van der Waals surface area contributed by atoms with Crippen molar-refractivity contribution in [1.82, 2.24) is 15.6 Å². The van der Waals surface area contributed by atoms with Gasteiger partial charge in [-0.15, -0.1) is 24.8 Å². The average Bonchev–Trinajstić information content (AvgIpc) is 2.69. The molecule has 0 aliphatic carbocycles. The molecule has 0 saturated carbocycles. The predicted octanol–water partition coefficient (Wildman–Crippen LogP) is 2.72. The van der Waals surface area contributed by atoms with Crippen molar-refractivity contribution in [3.05, 3.63) is 48.2 Å². The Morgan fingerprint density at radius 3 is 2.68 bits per heavy atom. The Morgan fingerprint density at radius 2 is 2.00 bits per heavy atom. The highest BCUT2D eigenvalue weighted by Crippen LogP contribution is 2.23. The van der Waals surface area contributed by atoms with Crippen molar-refractivity contribution < 1.29 is 19.0 Å². The molecule has 2 N–H and O–H groups in total. The third-order valence-corrected chi connectivity index (χ3v) is 3.84. The van der Waals surface area contributed by atoms with Gasteiger partial charge in [-0.2, -0.15) is 0 Å². The second-order valence-electron chi connectivity index (χ2n) is 5.79. The molecular weight excluding hydrogens is 405 g/mol. The molecule has 1 unspecified atom stereocenters. The van der Waals surface area contributed by atoms with Gasteiger partial charge in [0.1, 0.15) is 17.6 Å². The van der Waals surface area contributed by atoms with E-state index in [0.717, 1.165) is 17.9 Å². The number of aromatic nitrogens is 1. The second-order valence-corrected chi connectivity index (χ2v) is 5.79. The van der Waals surface area contributed by atoms with Crippen LogP contribution >= 0.6 is 24.8 Å². The molecule has 7 nitrogen and oxygen atoms in total. The van der Waals surface area contributed by atoms with E-state index in [4.69, 9.17) is 14.2 Å². The van der Waals surface area contributed by atoms with E-state index in [9.17, 15) is 4.79 Å². The number of carbonyl (C=O) groups excluding carboxylic acids is 1. The van der Waals surface area contributed by atoms with Gasteiger partial charge in [0.25, 0.3) is 5.91 Å². The number of hydrogen-bond acceptors (Lipinski definition) is 6. The van der Waals surface area contributed by atoms with Crippen LogP contribution in [0.1, 0.15) is 12.5 Å². The highest BCUT2D eigenvalue weighted by Gasteiger charge is 2.21. The molecule has 0 spiro atoms. The minimum absolute atomic E-state index is 0. The van der Waals surface area contributed by atoms with Gasteiger partial charge in [-0.3, -0.25) is 4.79 Å². The average molecular weight is 430 g/mol. The molecule has 2 heterocycles. The van der Waals surface area contributed by atoms with Gasteiger partial charge in [-0.05, 0) is 42.8 Å².